The molecule has 0 aliphatic rings. The van der Waals surface area contributed by atoms with Gasteiger partial charge in [0.1, 0.15) is 0 Å². The van der Waals surface area contributed by atoms with E-state index in [0.29, 0.717) is 12.1 Å². The second kappa shape index (κ2) is 13.8. The lowest BCUT2D eigenvalue weighted by atomic mass is 9.98. The third-order valence-electron chi connectivity index (χ3n) is 4.08. The highest BCUT2D eigenvalue weighted by atomic mass is 16.3. The third-order valence-corrected chi connectivity index (χ3v) is 4.08. The zero-order chi connectivity index (χ0) is 15.2. The van der Waals surface area contributed by atoms with Gasteiger partial charge in [-0.05, 0) is 51.6 Å². The van der Waals surface area contributed by atoms with Crippen LogP contribution in [0.25, 0.3) is 0 Å². The first-order valence-electron chi connectivity index (χ1n) is 8.82. The van der Waals surface area contributed by atoms with E-state index in [1.54, 1.807) is 0 Å². The van der Waals surface area contributed by atoms with Crippen molar-refractivity contribution >= 4 is 0 Å². The molecule has 0 heterocycles. The molecule has 0 saturated heterocycles. The van der Waals surface area contributed by atoms with Crippen LogP contribution >= 0.6 is 0 Å². The normalized spacial score (nSPS) is 16.1. The summed E-state index contributed by atoms with van der Waals surface area (Å²) in [6.45, 7) is 10.8. The Morgan fingerprint density at radius 1 is 0.750 bits per heavy atom. The second-order valence-electron chi connectivity index (χ2n) is 5.87. The van der Waals surface area contributed by atoms with E-state index in [4.69, 9.17) is 0 Å². The van der Waals surface area contributed by atoms with Crippen molar-refractivity contribution in [2.45, 2.75) is 97.2 Å². The highest BCUT2D eigenvalue weighted by molar-refractivity contribution is 4.71. The van der Waals surface area contributed by atoms with E-state index in [9.17, 15) is 5.11 Å². The topological polar surface area (TPSA) is 44.3 Å². The van der Waals surface area contributed by atoms with Crippen molar-refractivity contribution in [1.82, 2.24) is 10.6 Å². The van der Waals surface area contributed by atoms with E-state index in [1.807, 2.05) is 0 Å². The number of unbranched alkanes of at least 4 members (excludes halogenated alkanes) is 1. The van der Waals surface area contributed by atoms with Crippen LogP contribution < -0.4 is 10.6 Å². The number of hydrogen-bond donors (Lipinski definition) is 3. The summed E-state index contributed by atoms with van der Waals surface area (Å²) in [6.07, 6.45) is 8.85. The molecule has 0 aromatic rings. The Labute approximate surface area is 126 Å². The molecule has 3 unspecified atom stereocenters. The van der Waals surface area contributed by atoms with Gasteiger partial charge in [0.05, 0.1) is 6.10 Å². The fourth-order valence-corrected chi connectivity index (χ4v) is 2.76. The molecule has 3 atom stereocenters. The number of nitrogens with one attached hydrogen (secondary N) is 2. The average Bonchev–Trinajstić information content (AvgIpc) is 2.46. The highest BCUT2D eigenvalue weighted by Gasteiger charge is 2.12. The quantitative estimate of drug-likeness (QED) is 0.458. The van der Waals surface area contributed by atoms with Gasteiger partial charge in [0.15, 0.2) is 0 Å². The van der Waals surface area contributed by atoms with Gasteiger partial charge in [-0.3, -0.25) is 0 Å². The van der Waals surface area contributed by atoms with E-state index in [-0.39, 0.29) is 6.10 Å². The molecule has 0 aliphatic heterocycles. The Balaban J connectivity index is 3.84. The van der Waals surface area contributed by atoms with Gasteiger partial charge in [0.25, 0.3) is 0 Å². The Morgan fingerprint density at radius 3 is 1.80 bits per heavy atom. The van der Waals surface area contributed by atoms with Gasteiger partial charge in [-0.2, -0.15) is 0 Å². The Hall–Kier alpha value is -0.120. The predicted molar refractivity (Wildman–Crippen MR) is 89.2 cm³/mol. The maximum atomic E-state index is 10.1. The van der Waals surface area contributed by atoms with Gasteiger partial charge >= 0.3 is 0 Å². The summed E-state index contributed by atoms with van der Waals surface area (Å²) in [5.74, 6) is 0. The molecule has 3 N–H and O–H groups in total. The molecule has 0 radical (unpaired) electrons. The maximum absolute atomic E-state index is 10.1. The molecule has 0 saturated carbocycles. The molecule has 122 valence electrons. The van der Waals surface area contributed by atoms with Crippen molar-refractivity contribution in [2.24, 2.45) is 0 Å². The predicted octanol–water partition coefficient (Wildman–Crippen LogP) is 3.46. The Kier molecular flexibility index (Phi) is 13.8. The van der Waals surface area contributed by atoms with E-state index < -0.39 is 0 Å². The molecule has 20 heavy (non-hydrogen) atoms. The van der Waals surface area contributed by atoms with Gasteiger partial charge in [-0.15, -0.1) is 0 Å². The average molecular weight is 287 g/mol. The lowest BCUT2D eigenvalue weighted by Gasteiger charge is -2.21. The first-order chi connectivity index (χ1) is 9.67. The molecule has 0 amide bonds. The zero-order valence-corrected chi connectivity index (χ0v) is 14.3. The maximum Gasteiger partial charge on any atom is 0.0541 e. The van der Waals surface area contributed by atoms with Crippen LogP contribution in [0.4, 0.5) is 0 Å². The van der Waals surface area contributed by atoms with Crippen LogP contribution in [0, 0.1) is 0 Å². The van der Waals surface area contributed by atoms with Crippen LogP contribution in [0.3, 0.4) is 0 Å². The molecule has 0 aromatic heterocycles. The number of hydrogen-bond acceptors (Lipinski definition) is 3. The molecule has 3 heteroatoms. The molecule has 0 spiro atoms. The van der Waals surface area contributed by atoms with E-state index in [1.165, 1.54) is 19.3 Å². The number of rotatable bonds is 14. The minimum absolute atomic E-state index is 0.134. The highest BCUT2D eigenvalue weighted by Crippen LogP contribution is 2.13. The summed E-state index contributed by atoms with van der Waals surface area (Å²) in [5.41, 5.74) is 0. The monoisotopic (exact) mass is 286 g/mol. The molecule has 0 fully saturated rings. The van der Waals surface area contributed by atoms with Crippen LogP contribution in [0.5, 0.6) is 0 Å². The van der Waals surface area contributed by atoms with Crippen LogP contribution in [-0.2, 0) is 0 Å². The molecular formula is C17H38N2O. The number of aliphatic hydroxyl groups is 1. The lowest BCUT2D eigenvalue weighted by Crippen LogP contribution is -2.31. The smallest absolute Gasteiger partial charge is 0.0541 e. The molecule has 0 rings (SSSR count). The van der Waals surface area contributed by atoms with Crippen LogP contribution in [0.2, 0.25) is 0 Å². The fraction of sp³-hybridized carbons (Fsp3) is 1.00. The van der Waals surface area contributed by atoms with E-state index >= 15 is 0 Å². The Bertz CT molecular complexity index is 199. The fourth-order valence-electron chi connectivity index (χ4n) is 2.76. The van der Waals surface area contributed by atoms with Crippen molar-refractivity contribution in [3.05, 3.63) is 0 Å². The SMILES string of the molecule is CCCCC(CCC(O)CCC(CC)NCC)NCC. The minimum Gasteiger partial charge on any atom is -0.393 e. The third kappa shape index (κ3) is 10.6. The van der Waals surface area contributed by atoms with E-state index in [0.717, 1.165) is 45.2 Å². The summed E-state index contributed by atoms with van der Waals surface area (Å²) in [7, 11) is 0. The molecule has 3 nitrogen and oxygen atoms in total. The van der Waals surface area contributed by atoms with Crippen LogP contribution in [0.15, 0.2) is 0 Å². The van der Waals surface area contributed by atoms with Crippen LogP contribution in [-0.4, -0.2) is 36.4 Å². The van der Waals surface area contributed by atoms with Gasteiger partial charge in [0.2, 0.25) is 0 Å². The lowest BCUT2D eigenvalue weighted by molar-refractivity contribution is 0.139. The number of aliphatic hydroxyl groups excluding tert-OH is 1. The first-order valence-corrected chi connectivity index (χ1v) is 8.82. The first kappa shape index (κ1) is 19.9. The van der Waals surface area contributed by atoms with Crippen molar-refractivity contribution < 1.29 is 5.11 Å². The van der Waals surface area contributed by atoms with Gasteiger partial charge in [-0.1, -0.05) is 40.5 Å². The summed E-state index contributed by atoms with van der Waals surface area (Å²) in [5, 5.41) is 17.2. The zero-order valence-electron chi connectivity index (χ0n) is 14.3. The molecular weight excluding hydrogens is 248 g/mol. The molecule has 0 aliphatic carbocycles. The van der Waals surface area contributed by atoms with E-state index in [2.05, 4.69) is 38.3 Å². The summed E-state index contributed by atoms with van der Waals surface area (Å²) in [4.78, 5) is 0. The van der Waals surface area contributed by atoms with Gasteiger partial charge < -0.3 is 15.7 Å². The minimum atomic E-state index is -0.134. The molecule has 0 aromatic carbocycles. The summed E-state index contributed by atoms with van der Waals surface area (Å²) < 4.78 is 0. The van der Waals surface area contributed by atoms with Crippen molar-refractivity contribution in [1.29, 1.82) is 0 Å². The van der Waals surface area contributed by atoms with Crippen molar-refractivity contribution in [3.8, 4) is 0 Å². The standard InChI is InChI=1S/C17H38N2O/c1-5-9-10-16(19-8-4)12-14-17(20)13-11-15(6-2)18-7-3/h15-20H,5-14H2,1-4H3. The summed E-state index contributed by atoms with van der Waals surface area (Å²) in [6, 6.07) is 1.16. The van der Waals surface area contributed by atoms with Crippen molar-refractivity contribution in [3.63, 3.8) is 0 Å². The molecule has 0 bridgehead atoms. The van der Waals surface area contributed by atoms with Crippen molar-refractivity contribution in [2.75, 3.05) is 13.1 Å². The van der Waals surface area contributed by atoms with Crippen LogP contribution in [0.1, 0.15) is 79.1 Å². The second-order valence-corrected chi connectivity index (χ2v) is 5.87. The van der Waals surface area contributed by atoms with Gasteiger partial charge in [0, 0.05) is 12.1 Å². The Morgan fingerprint density at radius 2 is 1.30 bits per heavy atom. The largest absolute Gasteiger partial charge is 0.393 e. The van der Waals surface area contributed by atoms with Gasteiger partial charge in [-0.25, -0.2) is 0 Å². The summed E-state index contributed by atoms with van der Waals surface area (Å²) >= 11 is 0.